The highest BCUT2D eigenvalue weighted by molar-refractivity contribution is 6.51. The zero-order valence-corrected chi connectivity index (χ0v) is 21.8. The molecule has 190 valence electrons. The van der Waals surface area contributed by atoms with E-state index in [4.69, 9.17) is 23.5 Å². The summed E-state index contributed by atoms with van der Waals surface area (Å²) >= 11 is 0. The number of hydrogen-bond acceptors (Lipinski definition) is 6. The summed E-state index contributed by atoms with van der Waals surface area (Å²) in [6, 6.07) is 12.0. The van der Waals surface area contributed by atoms with Gasteiger partial charge in [0.2, 0.25) is 5.91 Å². The van der Waals surface area contributed by atoms with Crippen molar-refractivity contribution >= 4 is 23.8 Å². The molecule has 1 aliphatic rings. The minimum absolute atomic E-state index is 0.0226. The van der Waals surface area contributed by atoms with E-state index in [0.717, 1.165) is 22.1 Å². The summed E-state index contributed by atoms with van der Waals surface area (Å²) < 4.78 is 28.2. The smallest absolute Gasteiger partial charge is 0.486 e. The molecule has 1 fully saturated rings. The maximum absolute atomic E-state index is 12.5. The molecule has 2 aromatic carbocycles. The molecule has 1 atom stereocenters. The van der Waals surface area contributed by atoms with Gasteiger partial charge in [-0.15, -0.1) is 0 Å². The van der Waals surface area contributed by atoms with E-state index < -0.39 is 0 Å². The lowest BCUT2D eigenvalue weighted by molar-refractivity contribution is -0.122. The molecule has 3 rings (SSSR count). The van der Waals surface area contributed by atoms with Crippen molar-refractivity contribution in [1.82, 2.24) is 5.32 Å². The first-order chi connectivity index (χ1) is 16.6. The molecule has 1 aliphatic heterocycles. The molecule has 0 bridgehead atoms. The van der Waals surface area contributed by atoms with Crippen LogP contribution in [0.2, 0.25) is 0 Å². The van der Waals surface area contributed by atoms with Gasteiger partial charge in [-0.1, -0.05) is 36.3 Å². The lowest BCUT2D eigenvalue weighted by atomic mass is 9.90. The van der Waals surface area contributed by atoms with Crippen LogP contribution < -0.4 is 10.1 Å². The summed E-state index contributed by atoms with van der Waals surface area (Å²) in [5, 5.41) is 5.10. The monoisotopic (exact) mass is 483 g/mol. The molecule has 35 heavy (non-hydrogen) atoms. The van der Waals surface area contributed by atoms with E-state index in [2.05, 4.69) is 5.32 Å². The highest BCUT2D eigenvalue weighted by Gasteiger charge is 2.49. The van der Waals surface area contributed by atoms with Crippen LogP contribution in [0.25, 0.3) is 10.8 Å². The number of benzene rings is 2. The van der Waals surface area contributed by atoms with Crippen molar-refractivity contribution in [3.63, 3.8) is 0 Å². The van der Waals surface area contributed by atoms with Crippen LogP contribution in [0, 0.1) is 0 Å². The normalized spacial score (nSPS) is 17.7. The van der Waals surface area contributed by atoms with Gasteiger partial charge < -0.3 is 28.8 Å². The number of carbonyl (C=O) groups is 1. The van der Waals surface area contributed by atoms with Crippen molar-refractivity contribution in [3.05, 3.63) is 54.0 Å². The fraction of sp³-hybridized carbons (Fsp3) is 0.519. The van der Waals surface area contributed by atoms with Crippen LogP contribution in [0.1, 0.15) is 46.1 Å². The third kappa shape index (κ3) is 7.30. The van der Waals surface area contributed by atoms with Gasteiger partial charge in [-0.3, -0.25) is 4.79 Å². The Kier molecular flexibility index (Phi) is 9.36. The first-order valence-electron chi connectivity index (χ1n) is 12.2. The topological polar surface area (TPSA) is 75.3 Å². The van der Waals surface area contributed by atoms with Gasteiger partial charge >= 0.3 is 7.12 Å². The summed E-state index contributed by atoms with van der Waals surface area (Å²) in [4.78, 5) is 12.5. The van der Waals surface area contributed by atoms with Gasteiger partial charge in [-0.05, 0) is 63.1 Å². The number of rotatable bonds is 12. The van der Waals surface area contributed by atoms with Gasteiger partial charge in [-0.25, -0.2) is 0 Å². The Morgan fingerprint density at radius 2 is 1.66 bits per heavy atom. The first-order valence-corrected chi connectivity index (χ1v) is 12.2. The minimum Gasteiger partial charge on any atom is -0.497 e. The Morgan fingerprint density at radius 3 is 2.37 bits per heavy atom. The van der Waals surface area contributed by atoms with Gasteiger partial charge in [0, 0.05) is 6.54 Å². The number of fused-ring (bicyclic) bond motifs is 1. The molecule has 0 spiro atoms. The van der Waals surface area contributed by atoms with Gasteiger partial charge in [0.25, 0.3) is 0 Å². The SMILES string of the molecule is COc1ccc2cc([C@@H](C)C(=O)NCCOCCOC/C=C/B3OC(C)(C)C(C)(C)O3)ccc2c1. The molecule has 0 aromatic heterocycles. The molecule has 8 heteroatoms. The van der Waals surface area contributed by atoms with Crippen LogP contribution in [0.4, 0.5) is 0 Å². The second-order valence-electron chi connectivity index (χ2n) is 9.73. The van der Waals surface area contributed by atoms with Crippen molar-refractivity contribution in [3.8, 4) is 5.75 Å². The fourth-order valence-corrected chi connectivity index (χ4v) is 3.69. The van der Waals surface area contributed by atoms with Crippen LogP contribution in [-0.2, 0) is 23.6 Å². The predicted octanol–water partition coefficient (Wildman–Crippen LogP) is 4.29. The summed E-state index contributed by atoms with van der Waals surface area (Å²) in [6.45, 7) is 12.3. The summed E-state index contributed by atoms with van der Waals surface area (Å²) in [5.74, 6) is 2.42. The molecular weight excluding hydrogens is 445 g/mol. The molecule has 1 N–H and O–H groups in total. The van der Waals surface area contributed by atoms with E-state index in [1.165, 1.54) is 0 Å². The second kappa shape index (κ2) is 12.0. The Labute approximate surface area is 209 Å². The van der Waals surface area contributed by atoms with E-state index in [1.54, 1.807) is 7.11 Å². The quantitative estimate of drug-likeness (QED) is 0.359. The standard InChI is InChI=1S/C27H38BNO6/c1-20(21-8-9-23-19-24(31-6)11-10-22(23)18-21)25(30)29-13-15-33-17-16-32-14-7-12-28-34-26(2,3)27(4,5)35-28/h7-12,18-20H,13-17H2,1-6H3,(H,29,30)/b12-7+/t20-/m1/s1. The maximum atomic E-state index is 12.5. The van der Waals surface area contributed by atoms with Crippen molar-refractivity contribution in [1.29, 1.82) is 0 Å². The third-order valence-corrected chi connectivity index (χ3v) is 6.66. The number of amides is 1. The molecule has 1 heterocycles. The molecule has 0 aliphatic carbocycles. The van der Waals surface area contributed by atoms with Crippen molar-refractivity contribution in [2.45, 2.75) is 51.7 Å². The number of methoxy groups -OCH3 is 1. The van der Waals surface area contributed by atoms with Gasteiger partial charge in [-0.2, -0.15) is 0 Å². The molecule has 1 saturated heterocycles. The van der Waals surface area contributed by atoms with Crippen LogP contribution in [-0.4, -0.2) is 64.3 Å². The number of hydrogen-bond donors (Lipinski definition) is 1. The first kappa shape index (κ1) is 27.2. The Bertz CT molecular complexity index is 1010. The van der Waals surface area contributed by atoms with Crippen molar-refractivity contribution in [2.24, 2.45) is 0 Å². The molecule has 2 aromatic rings. The maximum Gasteiger partial charge on any atom is 0.486 e. The fourth-order valence-electron chi connectivity index (χ4n) is 3.69. The minimum atomic E-state index is -0.357. The van der Waals surface area contributed by atoms with E-state index >= 15 is 0 Å². The van der Waals surface area contributed by atoms with Crippen molar-refractivity contribution in [2.75, 3.05) is 40.1 Å². The van der Waals surface area contributed by atoms with Crippen LogP contribution >= 0.6 is 0 Å². The molecule has 0 saturated carbocycles. The largest absolute Gasteiger partial charge is 0.497 e. The summed E-state index contributed by atoms with van der Waals surface area (Å²) in [7, 11) is 1.30. The van der Waals surface area contributed by atoms with Crippen LogP contribution in [0.5, 0.6) is 5.75 Å². The predicted molar refractivity (Wildman–Crippen MR) is 139 cm³/mol. The highest BCUT2D eigenvalue weighted by Crippen LogP contribution is 2.36. The number of ether oxygens (including phenoxy) is 3. The van der Waals surface area contributed by atoms with E-state index in [0.29, 0.717) is 33.0 Å². The summed E-state index contributed by atoms with van der Waals surface area (Å²) in [5.41, 5.74) is 0.297. The zero-order chi connectivity index (χ0) is 25.5. The number of nitrogens with one attached hydrogen (secondary N) is 1. The van der Waals surface area contributed by atoms with Gasteiger partial charge in [0.1, 0.15) is 5.75 Å². The Morgan fingerprint density at radius 1 is 1.00 bits per heavy atom. The van der Waals surface area contributed by atoms with E-state index in [9.17, 15) is 4.79 Å². The van der Waals surface area contributed by atoms with Gasteiger partial charge in [0.05, 0.1) is 50.7 Å². The third-order valence-electron chi connectivity index (χ3n) is 6.66. The molecule has 1 amide bonds. The van der Waals surface area contributed by atoms with Gasteiger partial charge in [0.15, 0.2) is 0 Å². The molecule has 0 unspecified atom stereocenters. The summed E-state index contributed by atoms with van der Waals surface area (Å²) in [6.07, 6.45) is 1.90. The average Bonchev–Trinajstić information content (AvgIpc) is 3.04. The lowest BCUT2D eigenvalue weighted by Crippen LogP contribution is -2.41. The van der Waals surface area contributed by atoms with Crippen LogP contribution in [0.15, 0.2) is 48.4 Å². The molecule has 7 nitrogen and oxygen atoms in total. The average molecular weight is 483 g/mol. The van der Waals surface area contributed by atoms with Crippen LogP contribution in [0.3, 0.4) is 0 Å². The Hall–Kier alpha value is -2.39. The highest BCUT2D eigenvalue weighted by atomic mass is 16.7. The lowest BCUT2D eigenvalue weighted by Gasteiger charge is -2.32. The Balaban J connectivity index is 1.27. The van der Waals surface area contributed by atoms with E-state index in [1.807, 2.05) is 83.1 Å². The second-order valence-corrected chi connectivity index (χ2v) is 9.73. The zero-order valence-electron chi connectivity index (χ0n) is 21.8. The van der Waals surface area contributed by atoms with Crippen molar-refractivity contribution < 1.29 is 28.3 Å². The number of carbonyl (C=O) groups excluding carboxylic acids is 1. The molecular formula is C27H38BNO6. The van der Waals surface area contributed by atoms with E-state index in [-0.39, 0.29) is 30.1 Å². The molecule has 0 radical (unpaired) electrons.